The lowest BCUT2D eigenvalue weighted by Gasteiger charge is -2.39. The highest BCUT2D eigenvalue weighted by molar-refractivity contribution is 7.92. The van der Waals surface area contributed by atoms with Crippen LogP contribution in [0.4, 0.5) is 11.6 Å². The molecule has 6 bridgehead atoms. The van der Waals surface area contributed by atoms with E-state index in [4.69, 9.17) is 9.72 Å². The number of benzene rings is 1. The van der Waals surface area contributed by atoms with Gasteiger partial charge < -0.3 is 10.1 Å². The molecule has 8 heteroatoms. The summed E-state index contributed by atoms with van der Waals surface area (Å²) in [5.41, 5.74) is 1.96. The number of ether oxygens (including phenoxy) is 1. The number of hydrogen-bond acceptors (Lipinski definition) is 6. The second-order valence-electron chi connectivity index (χ2n) is 11.5. The summed E-state index contributed by atoms with van der Waals surface area (Å²) in [4.78, 5) is 9.39. The summed E-state index contributed by atoms with van der Waals surface area (Å²) in [6.45, 7) is 11.9. The van der Waals surface area contributed by atoms with E-state index in [0.717, 1.165) is 30.6 Å². The van der Waals surface area contributed by atoms with Crippen LogP contribution in [0.15, 0.2) is 35.2 Å². The normalized spacial score (nSPS) is 31.1. The van der Waals surface area contributed by atoms with Gasteiger partial charge in [-0.1, -0.05) is 40.7 Å². The summed E-state index contributed by atoms with van der Waals surface area (Å²) in [6.07, 6.45) is 4.35. The smallest absolute Gasteiger partial charge is 0.264 e. The van der Waals surface area contributed by atoms with E-state index < -0.39 is 10.0 Å². The number of aromatic nitrogens is 2. The largest absolute Gasteiger partial charge is 0.475 e. The van der Waals surface area contributed by atoms with Crippen LogP contribution >= 0.6 is 0 Å². The van der Waals surface area contributed by atoms with Crippen molar-refractivity contribution < 1.29 is 13.2 Å². The molecular formula is C26H36N4O3S. The number of rotatable bonds is 3. The second-order valence-corrected chi connectivity index (χ2v) is 13.2. The third-order valence-electron chi connectivity index (χ3n) is 8.80. The molecule has 2 aromatic rings. The Bertz CT molecular complexity index is 1200. The summed E-state index contributed by atoms with van der Waals surface area (Å²) in [5, 5.41) is 3.46. The minimum atomic E-state index is -3.85. The van der Waals surface area contributed by atoms with Crippen molar-refractivity contribution in [3.63, 3.8) is 0 Å². The van der Waals surface area contributed by atoms with E-state index in [1.807, 2.05) is 12.1 Å². The van der Waals surface area contributed by atoms with Crippen LogP contribution in [0.1, 0.15) is 71.9 Å². The van der Waals surface area contributed by atoms with E-state index in [-0.39, 0.29) is 33.6 Å². The maximum Gasteiger partial charge on any atom is 0.264 e. The van der Waals surface area contributed by atoms with E-state index in [9.17, 15) is 8.42 Å². The summed E-state index contributed by atoms with van der Waals surface area (Å²) in [5.74, 6) is 1.85. The molecule has 1 aromatic heterocycles. The Balaban J connectivity index is 1.57. The van der Waals surface area contributed by atoms with Crippen molar-refractivity contribution in [1.29, 1.82) is 0 Å². The van der Waals surface area contributed by atoms with Gasteiger partial charge in [-0.25, -0.2) is 18.1 Å². The van der Waals surface area contributed by atoms with Crippen LogP contribution in [0.2, 0.25) is 0 Å². The first kappa shape index (κ1) is 23.4. The van der Waals surface area contributed by atoms with Crippen molar-refractivity contribution in [1.82, 2.24) is 9.97 Å². The van der Waals surface area contributed by atoms with Gasteiger partial charge in [0.05, 0.1) is 16.6 Å². The van der Waals surface area contributed by atoms with Gasteiger partial charge in [-0.2, -0.15) is 4.98 Å². The van der Waals surface area contributed by atoms with Crippen LogP contribution in [-0.4, -0.2) is 31.0 Å². The molecule has 1 aliphatic heterocycles. The first-order chi connectivity index (χ1) is 16.0. The zero-order valence-corrected chi connectivity index (χ0v) is 21.6. The molecule has 34 heavy (non-hydrogen) atoms. The molecule has 1 aromatic carbocycles. The summed E-state index contributed by atoms with van der Waals surface area (Å²) >= 11 is 0. The van der Waals surface area contributed by atoms with Crippen LogP contribution in [0.25, 0.3) is 0 Å². The van der Waals surface area contributed by atoms with E-state index in [2.05, 4.69) is 49.6 Å². The van der Waals surface area contributed by atoms with Gasteiger partial charge in [0.25, 0.3) is 10.0 Å². The maximum absolute atomic E-state index is 13.2. The van der Waals surface area contributed by atoms with Crippen molar-refractivity contribution in [2.45, 2.75) is 77.2 Å². The quantitative estimate of drug-likeness (QED) is 0.604. The number of sulfonamides is 1. The van der Waals surface area contributed by atoms with Crippen LogP contribution in [0.5, 0.6) is 5.88 Å². The molecule has 184 valence electrons. The van der Waals surface area contributed by atoms with Gasteiger partial charge in [-0.3, -0.25) is 0 Å². The molecule has 3 aliphatic rings. The number of hydrogen-bond donors (Lipinski definition) is 2. The van der Waals surface area contributed by atoms with E-state index in [1.54, 1.807) is 18.2 Å². The van der Waals surface area contributed by atoms with Gasteiger partial charge in [0.2, 0.25) is 11.8 Å². The van der Waals surface area contributed by atoms with E-state index in [0.29, 0.717) is 24.3 Å². The molecule has 0 amide bonds. The lowest BCUT2D eigenvalue weighted by molar-refractivity contribution is 0.133. The Morgan fingerprint density at radius 2 is 1.97 bits per heavy atom. The van der Waals surface area contributed by atoms with Crippen LogP contribution in [0, 0.1) is 22.7 Å². The molecule has 0 radical (unpaired) electrons. The van der Waals surface area contributed by atoms with Crippen molar-refractivity contribution in [3.8, 4) is 5.88 Å². The Kier molecular flexibility index (Phi) is 5.58. The molecule has 0 saturated heterocycles. The molecule has 3 unspecified atom stereocenters. The molecule has 2 saturated carbocycles. The first-order valence-electron chi connectivity index (χ1n) is 12.4. The predicted molar refractivity (Wildman–Crippen MR) is 134 cm³/mol. The fourth-order valence-corrected chi connectivity index (χ4v) is 7.47. The highest BCUT2D eigenvalue weighted by Gasteiger charge is 2.61. The van der Waals surface area contributed by atoms with Gasteiger partial charge in [0.15, 0.2) is 0 Å². The highest BCUT2D eigenvalue weighted by Crippen LogP contribution is 2.70. The maximum atomic E-state index is 13.2. The van der Waals surface area contributed by atoms with Crippen molar-refractivity contribution in [3.05, 3.63) is 36.0 Å². The van der Waals surface area contributed by atoms with Gasteiger partial charge >= 0.3 is 0 Å². The lowest BCUT2D eigenvalue weighted by atomic mass is 9.66. The number of nitrogens with zero attached hydrogens (tertiary/aromatic N) is 2. The van der Waals surface area contributed by atoms with Crippen molar-refractivity contribution >= 4 is 21.7 Å². The molecule has 2 fully saturated rings. The Morgan fingerprint density at radius 1 is 1.18 bits per heavy atom. The Morgan fingerprint density at radius 3 is 2.65 bits per heavy atom. The fourth-order valence-electron chi connectivity index (χ4n) is 6.48. The molecule has 2 aliphatic carbocycles. The number of anilines is 2. The summed E-state index contributed by atoms with van der Waals surface area (Å²) in [6, 6.07) is 8.83. The molecule has 4 atom stereocenters. The van der Waals surface area contributed by atoms with E-state index >= 15 is 0 Å². The van der Waals surface area contributed by atoms with Crippen LogP contribution in [0.3, 0.4) is 0 Å². The standard InChI is InChI=1S/C26H36N4O3S/c1-16(2)11-19-15-33-23-14-22(21-12-17-9-10-26(21,5)25(17,3)4)28-24(29-23)30-34(31,32)20-8-6-7-18(13-20)27-19/h6-8,13-14,16-17,19,21,27H,9-12,15H2,1-5H3,(H,28,29,30)/t17?,19-,21?,26?/m1/s1. The second kappa shape index (κ2) is 8.11. The summed E-state index contributed by atoms with van der Waals surface area (Å²) < 4.78 is 35.2. The predicted octanol–water partition coefficient (Wildman–Crippen LogP) is 5.43. The van der Waals surface area contributed by atoms with Crippen molar-refractivity contribution in [2.24, 2.45) is 22.7 Å². The minimum absolute atomic E-state index is 0.0196. The molecular weight excluding hydrogens is 448 g/mol. The zero-order chi connectivity index (χ0) is 24.3. The van der Waals surface area contributed by atoms with Gasteiger partial charge in [0, 0.05) is 17.7 Å². The Hall–Kier alpha value is -2.35. The number of fused-ring (bicyclic) bond motifs is 6. The average molecular weight is 485 g/mol. The zero-order valence-electron chi connectivity index (χ0n) is 20.8. The topological polar surface area (TPSA) is 93.2 Å². The highest BCUT2D eigenvalue weighted by atomic mass is 32.2. The number of nitrogens with one attached hydrogen (secondary N) is 2. The monoisotopic (exact) mass is 484 g/mol. The molecule has 0 spiro atoms. The molecule has 7 nitrogen and oxygen atoms in total. The molecule has 5 rings (SSSR count). The molecule has 2 heterocycles. The lowest BCUT2D eigenvalue weighted by Crippen LogP contribution is -2.32. The van der Waals surface area contributed by atoms with Crippen LogP contribution in [-0.2, 0) is 10.0 Å². The van der Waals surface area contributed by atoms with E-state index in [1.165, 1.54) is 6.42 Å². The summed E-state index contributed by atoms with van der Waals surface area (Å²) in [7, 11) is -3.85. The third-order valence-corrected chi connectivity index (χ3v) is 10.1. The van der Waals surface area contributed by atoms with Gasteiger partial charge in [0.1, 0.15) is 6.61 Å². The first-order valence-corrected chi connectivity index (χ1v) is 13.9. The average Bonchev–Trinajstić information content (AvgIpc) is 3.10. The Labute approximate surface area is 203 Å². The SMILES string of the molecule is CC(C)C[C@@H]1COc2cc(C3CC4CCC3(C)C4(C)C)nc(n2)NS(=O)(=O)c2cccc(c2)N1. The molecule has 2 N–H and O–H groups in total. The minimum Gasteiger partial charge on any atom is -0.475 e. The van der Waals surface area contributed by atoms with Gasteiger partial charge in [-0.15, -0.1) is 0 Å². The third kappa shape index (κ3) is 3.93. The van der Waals surface area contributed by atoms with Crippen molar-refractivity contribution in [2.75, 3.05) is 16.6 Å². The van der Waals surface area contributed by atoms with Gasteiger partial charge in [-0.05, 0) is 66.5 Å². The van der Waals surface area contributed by atoms with Crippen LogP contribution < -0.4 is 14.8 Å². The fraction of sp³-hybridized carbons (Fsp3) is 0.615.